The molecular weight excluding hydrogens is 168 g/mol. The van der Waals surface area contributed by atoms with Gasteiger partial charge in [-0.15, -0.1) is 0 Å². The van der Waals surface area contributed by atoms with Crippen molar-refractivity contribution in [3.05, 3.63) is 0 Å². The lowest BCUT2D eigenvalue weighted by molar-refractivity contribution is 0.0538. The molecule has 1 fully saturated rings. The summed E-state index contributed by atoms with van der Waals surface area (Å²) in [5, 5.41) is 0. The van der Waals surface area contributed by atoms with Crippen LogP contribution in [0.5, 0.6) is 0 Å². The van der Waals surface area contributed by atoms with Crippen molar-refractivity contribution in [2.45, 2.75) is 60.8 Å². The van der Waals surface area contributed by atoms with Crippen LogP contribution in [0.4, 0.5) is 0 Å². The lowest BCUT2D eigenvalue weighted by Crippen LogP contribution is -2.36. The topological polar surface area (TPSA) is 0 Å². The molecule has 1 rings (SSSR count). The summed E-state index contributed by atoms with van der Waals surface area (Å²) in [6.07, 6.45) is 4.36. The average Bonchev–Trinajstić information content (AvgIpc) is 2.01. The minimum absolute atomic E-state index is 0.504. The maximum atomic E-state index is 2.43. The van der Waals surface area contributed by atoms with Crippen LogP contribution in [-0.2, 0) is 0 Å². The zero-order valence-corrected chi connectivity index (χ0v) is 10.9. The fourth-order valence-electron chi connectivity index (χ4n) is 3.20. The van der Waals surface area contributed by atoms with Gasteiger partial charge in [-0.1, -0.05) is 48.0 Å². The molecule has 1 aliphatic carbocycles. The quantitative estimate of drug-likeness (QED) is 0.568. The molecule has 0 radical (unpaired) electrons. The van der Waals surface area contributed by atoms with Gasteiger partial charge in [-0.05, 0) is 41.9 Å². The van der Waals surface area contributed by atoms with E-state index in [1.54, 1.807) is 0 Å². The van der Waals surface area contributed by atoms with Crippen LogP contribution in [0.3, 0.4) is 0 Å². The molecule has 0 aromatic rings. The van der Waals surface area contributed by atoms with Crippen molar-refractivity contribution in [2.75, 3.05) is 0 Å². The number of hydrogen-bond donors (Lipinski definition) is 0. The molecule has 0 bridgehead atoms. The van der Waals surface area contributed by atoms with Gasteiger partial charge in [0.1, 0.15) is 0 Å². The Labute approximate surface area is 90.5 Å². The Morgan fingerprint density at radius 3 is 2.07 bits per heavy atom. The molecule has 14 heavy (non-hydrogen) atoms. The van der Waals surface area contributed by atoms with Crippen molar-refractivity contribution < 1.29 is 0 Å². The maximum Gasteiger partial charge on any atom is -0.0332 e. The Morgan fingerprint density at radius 2 is 1.64 bits per heavy atom. The fraction of sp³-hybridized carbons (Fsp3) is 1.00. The second kappa shape index (κ2) is 4.24. The molecule has 1 saturated carbocycles. The minimum Gasteiger partial charge on any atom is -0.0625 e. The fourth-order valence-corrected chi connectivity index (χ4v) is 3.20. The van der Waals surface area contributed by atoms with E-state index in [1.165, 1.54) is 19.3 Å². The van der Waals surface area contributed by atoms with Crippen LogP contribution in [0.25, 0.3) is 0 Å². The van der Waals surface area contributed by atoms with Gasteiger partial charge in [-0.2, -0.15) is 0 Å². The molecule has 0 aromatic carbocycles. The third kappa shape index (κ3) is 2.74. The first-order chi connectivity index (χ1) is 6.32. The zero-order valence-electron chi connectivity index (χ0n) is 10.9. The summed E-state index contributed by atoms with van der Waals surface area (Å²) in [7, 11) is 0. The molecule has 2 unspecified atom stereocenters. The van der Waals surface area contributed by atoms with Gasteiger partial charge in [-0.3, -0.25) is 0 Å². The van der Waals surface area contributed by atoms with Gasteiger partial charge in [0.25, 0.3) is 0 Å². The lowest BCUT2D eigenvalue weighted by Gasteiger charge is -2.44. The van der Waals surface area contributed by atoms with Gasteiger partial charge in [-0.25, -0.2) is 0 Å². The summed E-state index contributed by atoms with van der Waals surface area (Å²) in [5.41, 5.74) is 0.504. The first-order valence-corrected chi connectivity index (χ1v) is 6.32. The van der Waals surface area contributed by atoms with E-state index < -0.39 is 0 Å². The summed E-state index contributed by atoms with van der Waals surface area (Å²) >= 11 is 0. The molecule has 0 heteroatoms. The first kappa shape index (κ1) is 12.1. The molecule has 0 spiro atoms. The Balaban J connectivity index is 2.74. The van der Waals surface area contributed by atoms with E-state index in [1.807, 2.05) is 0 Å². The largest absolute Gasteiger partial charge is 0.0625 e. The van der Waals surface area contributed by atoms with E-state index in [2.05, 4.69) is 41.5 Å². The van der Waals surface area contributed by atoms with Crippen molar-refractivity contribution in [3.8, 4) is 0 Å². The molecule has 84 valence electrons. The van der Waals surface area contributed by atoms with Crippen molar-refractivity contribution in [1.82, 2.24) is 0 Å². The molecule has 0 N–H and O–H groups in total. The van der Waals surface area contributed by atoms with E-state index in [4.69, 9.17) is 0 Å². The summed E-state index contributed by atoms with van der Waals surface area (Å²) in [4.78, 5) is 0. The van der Waals surface area contributed by atoms with Crippen LogP contribution in [0.1, 0.15) is 60.8 Å². The van der Waals surface area contributed by atoms with Crippen molar-refractivity contribution >= 4 is 0 Å². The predicted molar refractivity (Wildman–Crippen MR) is 64.3 cm³/mol. The van der Waals surface area contributed by atoms with Crippen LogP contribution in [0.2, 0.25) is 0 Å². The molecule has 0 heterocycles. The maximum absolute atomic E-state index is 2.43. The van der Waals surface area contributed by atoms with Crippen LogP contribution in [0, 0.1) is 29.1 Å². The second-order valence-electron chi connectivity index (χ2n) is 6.80. The van der Waals surface area contributed by atoms with E-state index in [0.717, 1.165) is 23.7 Å². The molecule has 0 nitrogen and oxygen atoms in total. The van der Waals surface area contributed by atoms with Gasteiger partial charge in [0.15, 0.2) is 0 Å². The summed E-state index contributed by atoms with van der Waals surface area (Å²) < 4.78 is 0. The van der Waals surface area contributed by atoms with E-state index in [9.17, 15) is 0 Å². The molecule has 0 aromatic heterocycles. The van der Waals surface area contributed by atoms with Crippen molar-refractivity contribution in [3.63, 3.8) is 0 Å². The van der Waals surface area contributed by atoms with Crippen LogP contribution in [0.15, 0.2) is 0 Å². The monoisotopic (exact) mass is 196 g/mol. The predicted octanol–water partition coefficient (Wildman–Crippen LogP) is 4.74. The van der Waals surface area contributed by atoms with Crippen LogP contribution < -0.4 is 0 Å². The Bertz CT molecular complexity index is 173. The van der Waals surface area contributed by atoms with E-state index >= 15 is 0 Å². The highest BCUT2D eigenvalue weighted by molar-refractivity contribution is 4.87. The van der Waals surface area contributed by atoms with Crippen molar-refractivity contribution in [1.29, 1.82) is 0 Å². The second-order valence-corrected chi connectivity index (χ2v) is 6.80. The van der Waals surface area contributed by atoms with E-state index in [0.29, 0.717) is 5.41 Å². The smallest absolute Gasteiger partial charge is 0.0332 e. The van der Waals surface area contributed by atoms with Gasteiger partial charge >= 0.3 is 0 Å². The lowest BCUT2D eigenvalue weighted by atomic mass is 9.61. The Kier molecular flexibility index (Phi) is 3.66. The molecule has 3 atom stereocenters. The van der Waals surface area contributed by atoms with E-state index in [-0.39, 0.29) is 0 Å². The molecule has 0 saturated heterocycles. The van der Waals surface area contributed by atoms with Crippen LogP contribution >= 0.6 is 0 Å². The SMILES string of the molecule is CC1CC[C@@H](C(C)C)C(C(C)(C)C)C1. The summed E-state index contributed by atoms with van der Waals surface area (Å²) in [6.45, 7) is 14.5. The standard InChI is InChI=1S/C14H28/c1-10(2)12-8-7-11(3)9-13(12)14(4,5)6/h10-13H,7-9H2,1-6H3/t11?,12-,13?/m0/s1. The number of rotatable bonds is 1. The summed E-state index contributed by atoms with van der Waals surface area (Å²) in [5.74, 6) is 3.72. The van der Waals surface area contributed by atoms with Gasteiger partial charge in [0.2, 0.25) is 0 Å². The molecule has 0 amide bonds. The minimum atomic E-state index is 0.504. The number of hydrogen-bond acceptors (Lipinski definition) is 0. The zero-order chi connectivity index (χ0) is 10.9. The Hall–Kier alpha value is 0. The third-order valence-electron chi connectivity index (χ3n) is 4.13. The molecule has 0 aliphatic heterocycles. The highest BCUT2D eigenvalue weighted by Gasteiger charge is 2.37. The highest BCUT2D eigenvalue weighted by atomic mass is 14.4. The van der Waals surface area contributed by atoms with Gasteiger partial charge < -0.3 is 0 Å². The third-order valence-corrected chi connectivity index (χ3v) is 4.13. The van der Waals surface area contributed by atoms with Gasteiger partial charge in [0, 0.05) is 0 Å². The molecular formula is C14H28. The Morgan fingerprint density at radius 1 is 1.07 bits per heavy atom. The normalized spacial score (nSPS) is 34.9. The summed E-state index contributed by atoms with van der Waals surface area (Å²) in [6, 6.07) is 0. The highest BCUT2D eigenvalue weighted by Crippen LogP contribution is 2.46. The van der Waals surface area contributed by atoms with Crippen LogP contribution in [-0.4, -0.2) is 0 Å². The average molecular weight is 196 g/mol. The van der Waals surface area contributed by atoms with Crippen molar-refractivity contribution in [2.24, 2.45) is 29.1 Å². The van der Waals surface area contributed by atoms with Gasteiger partial charge in [0.05, 0.1) is 0 Å². The molecule has 1 aliphatic rings. The first-order valence-electron chi connectivity index (χ1n) is 6.32.